The zero-order chi connectivity index (χ0) is 20.3. The van der Waals surface area contributed by atoms with E-state index in [1.807, 2.05) is 47.4 Å². The summed E-state index contributed by atoms with van der Waals surface area (Å²) in [4.78, 5) is 30.1. The van der Waals surface area contributed by atoms with Gasteiger partial charge in [-0.05, 0) is 49.1 Å². The Balaban J connectivity index is 1.27. The second-order valence-electron chi connectivity index (χ2n) is 6.99. The van der Waals surface area contributed by atoms with Gasteiger partial charge in [0, 0.05) is 50.3 Å². The maximum Gasteiger partial charge on any atom is 0.253 e. The van der Waals surface area contributed by atoms with Crippen molar-refractivity contribution in [3.05, 3.63) is 72.1 Å². The fourth-order valence-corrected chi connectivity index (χ4v) is 3.23. The van der Waals surface area contributed by atoms with Gasteiger partial charge in [0.2, 0.25) is 5.91 Å². The molecule has 2 heterocycles. The van der Waals surface area contributed by atoms with Crippen molar-refractivity contribution in [2.75, 3.05) is 26.2 Å². The lowest BCUT2D eigenvalue weighted by atomic mass is 10.1. The Kier molecular flexibility index (Phi) is 7.95. The molecule has 29 heavy (non-hydrogen) atoms. The van der Waals surface area contributed by atoms with Gasteiger partial charge >= 0.3 is 0 Å². The predicted octanol–water partition coefficient (Wildman–Crippen LogP) is 2.92. The van der Waals surface area contributed by atoms with Crippen molar-refractivity contribution in [1.29, 1.82) is 0 Å². The number of piperidine rings is 1. The number of nitrogens with one attached hydrogen (secondary N) is 1. The van der Waals surface area contributed by atoms with E-state index in [1.165, 1.54) is 6.08 Å². The SMILES string of the molecule is O=C(/C=C/c1cccnc1)NCCCOC1CCN(C(=O)c2ccccc2)CC1. The summed E-state index contributed by atoms with van der Waals surface area (Å²) in [6.07, 6.45) is 9.28. The summed E-state index contributed by atoms with van der Waals surface area (Å²) in [6, 6.07) is 13.1. The number of benzene rings is 1. The molecule has 6 nitrogen and oxygen atoms in total. The molecule has 1 saturated heterocycles. The van der Waals surface area contributed by atoms with Gasteiger partial charge in [0.1, 0.15) is 0 Å². The number of nitrogens with zero attached hydrogens (tertiary/aromatic N) is 2. The largest absolute Gasteiger partial charge is 0.378 e. The van der Waals surface area contributed by atoms with Crippen LogP contribution in [-0.4, -0.2) is 54.0 Å². The van der Waals surface area contributed by atoms with E-state index < -0.39 is 0 Å². The Morgan fingerprint density at radius 2 is 1.93 bits per heavy atom. The Morgan fingerprint density at radius 1 is 1.14 bits per heavy atom. The van der Waals surface area contributed by atoms with Gasteiger partial charge < -0.3 is 15.0 Å². The summed E-state index contributed by atoms with van der Waals surface area (Å²) >= 11 is 0. The number of hydrogen-bond donors (Lipinski definition) is 1. The average Bonchev–Trinajstić information content (AvgIpc) is 2.79. The third-order valence-corrected chi connectivity index (χ3v) is 4.84. The minimum atomic E-state index is -0.124. The van der Waals surface area contributed by atoms with Crippen molar-refractivity contribution in [1.82, 2.24) is 15.2 Å². The highest BCUT2D eigenvalue weighted by Crippen LogP contribution is 2.16. The van der Waals surface area contributed by atoms with Crippen LogP contribution in [0.1, 0.15) is 35.2 Å². The van der Waals surface area contributed by atoms with E-state index in [1.54, 1.807) is 18.5 Å². The van der Waals surface area contributed by atoms with Crippen molar-refractivity contribution in [2.24, 2.45) is 0 Å². The van der Waals surface area contributed by atoms with E-state index in [-0.39, 0.29) is 17.9 Å². The molecule has 2 amide bonds. The van der Waals surface area contributed by atoms with Crippen LogP contribution < -0.4 is 5.32 Å². The first-order valence-corrected chi connectivity index (χ1v) is 10.0. The third kappa shape index (κ3) is 6.84. The van der Waals surface area contributed by atoms with E-state index in [4.69, 9.17) is 4.74 Å². The van der Waals surface area contributed by atoms with Crippen molar-refractivity contribution in [3.8, 4) is 0 Å². The maximum atomic E-state index is 12.4. The summed E-state index contributed by atoms with van der Waals surface area (Å²) in [6.45, 7) is 2.61. The minimum Gasteiger partial charge on any atom is -0.378 e. The summed E-state index contributed by atoms with van der Waals surface area (Å²) in [5.74, 6) is -0.0345. The normalized spacial score (nSPS) is 14.8. The van der Waals surface area contributed by atoms with Crippen molar-refractivity contribution in [2.45, 2.75) is 25.4 Å². The number of hydrogen-bond acceptors (Lipinski definition) is 4. The molecule has 0 atom stereocenters. The number of amides is 2. The van der Waals surface area contributed by atoms with Crippen LogP contribution in [0.25, 0.3) is 6.08 Å². The smallest absolute Gasteiger partial charge is 0.253 e. The topological polar surface area (TPSA) is 71.5 Å². The number of pyridine rings is 1. The van der Waals surface area contributed by atoms with Gasteiger partial charge in [-0.15, -0.1) is 0 Å². The Hall–Kier alpha value is -2.99. The van der Waals surface area contributed by atoms with Gasteiger partial charge in [-0.3, -0.25) is 14.6 Å². The molecule has 1 N–H and O–H groups in total. The van der Waals surface area contributed by atoms with Crippen LogP contribution in [0.3, 0.4) is 0 Å². The van der Waals surface area contributed by atoms with Crippen LogP contribution in [0.4, 0.5) is 0 Å². The van der Waals surface area contributed by atoms with Gasteiger partial charge in [-0.25, -0.2) is 0 Å². The number of carbonyl (C=O) groups excluding carboxylic acids is 2. The zero-order valence-corrected chi connectivity index (χ0v) is 16.5. The van der Waals surface area contributed by atoms with Crippen LogP contribution in [0, 0.1) is 0 Å². The molecule has 0 saturated carbocycles. The Bertz CT molecular complexity index is 801. The number of aromatic nitrogens is 1. The summed E-state index contributed by atoms with van der Waals surface area (Å²) in [7, 11) is 0. The number of likely N-dealkylation sites (tertiary alicyclic amines) is 1. The first kappa shape index (κ1) is 20.7. The monoisotopic (exact) mass is 393 g/mol. The van der Waals surface area contributed by atoms with E-state index in [2.05, 4.69) is 10.3 Å². The lowest BCUT2D eigenvalue weighted by molar-refractivity contribution is -0.116. The molecule has 0 bridgehead atoms. The fourth-order valence-electron chi connectivity index (χ4n) is 3.23. The summed E-state index contributed by atoms with van der Waals surface area (Å²) in [5.41, 5.74) is 1.63. The standard InChI is InChI=1S/C23H27N3O3/c27-22(10-9-19-6-4-13-24-18-19)25-14-5-17-29-21-11-15-26(16-12-21)23(28)20-7-2-1-3-8-20/h1-4,6-10,13,18,21H,5,11-12,14-17H2,(H,25,27)/b10-9+. The summed E-state index contributed by atoms with van der Waals surface area (Å²) in [5, 5.41) is 2.85. The van der Waals surface area contributed by atoms with Gasteiger partial charge in [0.05, 0.1) is 6.10 Å². The van der Waals surface area contributed by atoms with E-state index >= 15 is 0 Å². The van der Waals surface area contributed by atoms with Crippen LogP contribution in [-0.2, 0) is 9.53 Å². The number of carbonyl (C=O) groups is 2. The molecule has 0 unspecified atom stereocenters. The van der Waals surface area contributed by atoms with Crippen LogP contribution in [0.2, 0.25) is 0 Å². The quantitative estimate of drug-likeness (QED) is 0.553. The number of rotatable bonds is 8. The van der Waals surface area contributed by atoms with Gasteiger partial charge in [-0.2, -0.15) is 0 Å². The molecule has 2 aromatic rings. The first-order chi connectivity index (χ1) is 14.2. The Labute approximate surface area is 171 Å². The maximum absolute atomic E-state index is 12.4. The molecule has 6 heteroatoms. The van der Waals surface area contributed by atoms with E-state index in [0.29, 0.717) is 26.2 Å². The van der Waals surface area contributed by atoms with Crippen LogP contribution in [0.5, 0.6) is 0 Å². The summed E-state index contributed by atoms with van der Waals surface area (Å²) < 4.78 is 5.91. The van der Waals surface area contributed by atoms with Gasteiger partial charge in [-0.1, -0.05) is 24.3 Å². The third-order valence-electron chi connectivity index (χ3n) is 4.84. The van der Waals surface area contributed by atoms with Crippen LogP contribution >= 0.6 is 0 Å². The molecular formula is C23H27N3O3. The van der Waals surface area contributed by atoms with E-state index in [9.17, 15) is 9.59 Å². The van der Waals surface area contributed by atoms with Gasteiger partial charge in [0.15, 0.2) is 0 Å². The zero-order valence-electron chi connectivity index (χ0n) is 16.5. The predicted molar refractivity (Wildman–Crippen MR) is 112 cm³/mol. The molecule has 1 aliphatic rings. The molecule has 3 rings (SSSR count). The van der Waals surface area contributed by atoms with E-state index in [0.717, 1.165) is 30.4 Å². The van der Waals surface area contributed by atoms with Gasteiger partial charge in [0.25, 0.3) is 5.91 Å². The molecule has 1 aliphatic heterocycles. The molecular weight excluding hydrogens is 366 g/mol. The molecule has 152 valence electrons. The fraction of sp³-hybridized carbons (Fsp3) is 0.348. The Morgan fingerprint density at radius 3 is 2.66 bits per heavy atom. The molecule has 1 aromatic heterocycles. The van der Waals surface area contributed by atoms with Crippen molar-refractivity contribution < 1.29 is 14.3 Å². The molecule has 0 spiro atoms. The van der Waals surface area contributed by atoms with Crippen molar-refractivity contribution in [3.63, 3.8) is 0 Å². The minimum absolute atomic E-state index is 0.0890. The second-order valence-corrected chi connectivity index (χ2v) is 6.99. The lowest BCUT2D eigenvalue weighted by Gasteiger charge is -2.32. The second kappa shape index (κ2) is 11.1. The van der Waals surface area contributed by atoms with Crippen LogP contribution in [0.15, 0.2) is 60.9 Å². The lowest BCUT2D eigenvalue weighted by Crippen LogP contribution is -2.41. The molecule has 0 aliphatic carbocycles. The molecule has 1 aromatic carbocycles. The van der Waals surface area contributed by atoms with Crippen molar-refractivity contribution >= 4 is 17.9 Å². The first-order valence-electron chi connectivity index (χ1n) is 10.0. The average molecular weight is 393 g/mol. The molecule has 1 fully saturated rings. The highest BCUT2D eigenvalue weighted by molar-refractivity contribution is 5.94. The highest BCUT2D eigenvalue weighted by Gasteiger charge is 2.23. The highest BCUT2D eigenvalue weighted by atomic mass is 16.5. The molecule has 0 radical (unpaired) electrons. The number of ether oxygens (including phenoxy) is 1.